The summed E-state index contributed by atoms with van der Waals surface area (Å²) in [6, 6.07) is 14.4. The standard InChI is InChI=1S/C22H28N2O3/c1-3-4-5-6-10-13-20(19-16-17(2)14-15-21(19)25)24-27-22(26)23-18-11-8-7-9-12-18/h7-9,11-12,14-16,25H,3-6,10,13H2,1-2H3,(H,23,26)/b24-20-. The number of rotatable bonds is 9. The predicted octanol–water partition coefficient (Wildman–Crippen LogP) is 6.01. The van der Waals surface area contributed by atoms with E-state index in [1.54, 1.807) is 18.2 Å². The molecule has 5 nitrogen and oxygen atoms in total. The van der Waals surface area contributed by atoms with Gasteiger partial charge < -0.3 is 5.11 Å². The molecule has 0 aliphatic carbocycles. The number of para-hydroxylation sites is 1. The summed E-state index contributed by atoms with van der Waals surface area (Å²) >= 11 is 0. The van der Waals surface area contributed by atoms with E-state index in [-0.39, 0.29) is 5.75 Å². The van der Waals surface area contributed by atoms with Crippen molar-refractivity contribution >= 4 is 17.5 Å². The van der Waals surface area contributed by atoms with Gasteiger partial charge in [-0.3, -0.25) is 10.2 Å². The predicted molar refractivity (Wildman–Crippen MR) is 109 cm³/mol. The summed E-state index contributed by atoms with van der Waals surface area (Å²) in [7, 11) is 0. The molecule has 2 aromatic carbocycles. The molecule has 0 unspecified atom stereocenters. The Morgan fingerprint density at radius 3 is 2.56 bits per heavy atom. The molecule has 0 heterocycles. The van der Waals surface area contributed by atoms with E-state index in [4.69, 9.17) is 4.84 Å². The van der Waals surface area contributed by atoms with Gasteiger partial charge in [-0.15, -0.1) is 0 Å². The average molecular weight is 368 g/mol. The number of carbonyl (C=O) groups excluding carboxylic acids is 1. The number of aromatic hydroxyl groups is 1. The summed E-state index contributed by atoms with van der Waals surface area (Å²) in [5.74, 6) is 0.139. The number of oxime groups is 1. The quantitative estimate of drug-likeness (QED) is 0.246. The minimum atomic E-state index is -0.656. The first kappa shape index (κ1) is 20.5. The Labute approximate surface area is 161 Å². The number of nitrogens with zero attached hydrogens (tertiary/aromatic N) is 1. The Morgan fingerprint density at radius 1 is 1.07 bits per heavy atom. The number of carbonyl (C=O) groups is 1. The van der Waals surface area contributed by atoms with Crippen LogP contribution in [0.5, 0.6) is 5.75 Å². The molecule has 0 aromatic heterocycles. The molecule has 2 aromatic rings. The van der Waals surface area contributed by atoms with Crippen LogP contribution in [0, 0.1) is 6.92 Å². The molecule has 27 heavy (non-hydrogen) atoms. The molecule has 0 spiro atoms. The summed E-state index contributed by atoms with van der Waals surface area (Å²) in [5, 5.41) is 16.9. The van der Waals surface area contributed by atoms with Crippen molar-refractivity contribution in [3.8, 4) is 5.75 Å². The fourth-order valence-corrected chi connectivity index (χ4v) is 2.77. The van der Waals surface area contributed by atoms with E-state index < -0.39 is 6.09 Å². The number of hydrogen-bond acceptors (Lipinski definition) is 4. The van der Waals surface area contributed by atoms with Gasteiger partial charge in [0, 0.05) is 11.3 Å². The van der Waals surface area contributed by atoms with Crippen LogP contribution >= 0.6 is 0 Å². The Kier molecular flexibility index (Phi) is 8.36. The molecule has 2 rings (SSSR count). The summed E-state index contributed by atoms with van der Waals surface area (Å²) in [6.45, 7) is 4.13. The zero-order chi connectivity index (χ0) is 19.5. The minimum absolute atomic E-state index is 0.139. The van der Waals surface area contributed by atoms with Crippen molar-refractivity contribution in [2.75, 3.05) is 5.32 Å². The van der Waals surface area contributed by atoms with E-state index >= 15 is 0 Å². The molecule has 0 fully saturated rings. The van der Waals surface area contributed by atoms with Crippen LogP contribution in [0.2, 0.25) is 0 Å². The average Bonchev–Trinajstić information content (AvgIpc) is 2.67. The van der Waals surface area contributed by atoms with E-state index in [1.165, 1.54) is 19.3 Å². The Balaban J connectivity index is 2.06. The van der Waals surface area contributed by atoms with Crippen molar-refractivity contribution in [2.45, 2.75) is 52.4 Å². The van der Waals surface area contributed by atoms with Crippen molar-refractivity contribution in [3.63, 3.8) is 0 Å². The van der Waals surface area contributed by atoms with E-state index in [1.807, 2.05) is 37.3 Å². The highest BCUT2D eigenvalue weighted by molar-refractivity contribution is 6.03. The normalized spacial score (nSPS) is 11.3. The smallest absolute Gasteiger partial charge is 0.437 e. The molecule has 1 amide bonds. The summed E-state index contributed by atoms with van der Waals surface area (Å²) in [4.78, 5) is 17.1. The lowest BCUT2D eigenvalue weighted by Crippen LogP contribution is -2.13. The lowest BCUT2D eigenvalue weighted by molar-refractivity contribution is 0.166. The number of anilines is 1. The van der Waals surface area contributed by atoms with Crippen molar-refractivity contribution in [1.82, 2.24) is 0 Å². The Bertz CT molecular complexity index is 757. The van der Waals surface area contributed by atoms with Crippen LogP contribution in [-0.2, 0) is 4.84 Å². The number of aryl methyl sites for hydroxylation is 1. The van der Waals surface area contributed by atoms with Gasteiger partial charge in [-0.05, 0) is 44.0 Å². The maximum Gasteiger partial charge on any atom is 0.437 e. The zero-order valence-electron chi connectivity index (χ0n) is 16.1. The van der Waals surface area contributed by atoms with Crippen molar-refractivity contribution in [2.24, 2.45) is 5.16 Å². The van der Waals surface area contributed by atoms with Crippen molar-refractivity contribution in [3.05, 3.63) is 59.7 Å². The second-order valence-electron chi connectivity index (χ2n) is 6.59. The molecule has 0 aliphatic rings. The lowest BCUT2D eigenvalue weighted by Gasteiger charge is -2.10. The number of nitrogens with one attached hydrogen (secondary N) is 1. The molecule has 0 radical (unpaired) electrons. The second-order valence-corrected chi connectivity index (χ2v) is 6.59. The summed E-state index contributed by atoms with van der Waals surface area (Å²) < 4.78 is 0. The van der Waals surface area contributed by atoms with Gasteiger partial charge in [-0.2, -0.15) is 0 Å². The van der Waals surface area contributed by atoms with Gasteiger partial charge in [0.2, 0.25) is 0 Å². The third kappa shape index (κ3) is 7.13. The first-order valence-corrected chi connectivity index (χ1v) is 9.50. The first-order valence-electron chi connectivity index (χ1n) is 9.50. The van der Waals surface area contributed by atoms with Crippen molar-refractivity contribution < 1.29 is 14.7 Å². The summed E-state index contributed by atoms with van der Waals surface area (Å²) in [6.07, 6.45) is 5.54. The fourth-order valence-electron chi connectivity index (χ4n) is 2.77. The lowest BCUT2D eigenvalue weighted by atomic mass is 10.0. The van der Waals surface area contributed by atoms with Gasteiger partial charge in [-0.25, -0.2) is 4.79 Å². The van der Waals surface area contributed by atoms with Crippen LogP contribution in [-0.4, -0.2) is 16.9 Å². The SMILES string of the molecule is CCCCCCC/C(=N/OC(=O)Nc1ccccc1)c1cc(C)ccc1O. The maximum atomic E-state index is 12.0. The minimum Gasteiger partial charge on any atom is -0.507 e. The monoisotopic (exact) mass is 368 g/mol. The zero-order valence-corrected chi connectivity index (χ0v) is 16.1. The molecular formula is C22H28N2O3. The topological polar surface area (TPSA) is 70.9 Å². The number of hydrogen-bond donors (Lipinski definition) is 2. The Morgan fingerprint density at radius 2 is 1.81 bits per heavy atom. The third-order valence-corrected chi connectivity index (χ3v) is 4.24. The van der Waals surface area contributed by atoms with Gasteiger partial charge in [0.25, 0.3) is 0 Å². The van der Waals surface area contributed by atoms with Crippen molar-refractivity contribution in [1.29, 1.82) is 0 Å². The van der Waals surface area contributed by atoms with Crippen LogP contribution in [0.25, 0.3) is 0 Å². The fraction of sp³-hybridized carbons (Fsp3) is 0.364. The molecule has 0 saturated carbocycles. The second kappa shape index (κ2) is 11.0. The van der Waals surface area contributed by atoms with Crippen LogP contribution in [0.4, 0.5) is 10.5 Å². The number of amides is 1. The highest BCUT2D eigenvalue weighted by Crippen LogP contribution is 2.22. The number of phenols is 1. The van der Waals surface area contributed by atoms with E-state index in [0.29, 0.717) is 23.4 Å². The van der Waals surface area contributed by atoms with Crippen LogP contribution in [0.3, 0.4) is 0 Å². The molecule has 0 saturated heterocycles. The van der Waals surface area contributed by atoms with Crippen LogP contribution in [0.15, 0.2) is 53.7 Å². The highest BCUT2D eigenvalue weighted by atomic mass is 16.7. The van der Waals surface area contributed by atoms with Gasteiger partial charge in [0.1, 0.15) is 5.75 Å². The summed E-state index contributed by atoms with van der Waals surface area (Å²) in [5.41, 5.74) is 2.83. The number of benzene rings is 2. The maximum absolute atomic E-state index is 12.0. The molecule has 0 bridgehead atoms. The number of unbranched alkanes of at least 4 members (excludes halogenated alkanes) is 4. The molecule has 2 N–H and O–H groups in total. The first-order chi connectivity index (χ1) is 13.1. The van der Waals surface area contributed by atoms with Gasteiger partial charge in [0.15, 0.2) is 0 Å². The highest BCUT2D eigenvalue weighted by Gasteiger charge is 2.12. The van der Waals surface area contributed by atoms with E-state index in [2.05, 4.69) is 17.4 Å². The van der Waals surface area contributed by atoms with Crippen LogP contribution < -0.4 is 5.32 Å². The molecule has 5 heteroatoms. The van der Waals surface area contributed by atoms with Gasteiger partial charge in [-0.1, -0.05) is 67.6 Å². The van der Waals surface area contributed by atoms with E-state index in [0.717, 1.165) is 18.4 Å². The molecule has 144 valence electrons. The van der Waals surface area contributed by atoms with E-state index in [9.17, 15) is 9.90 Å². The third-order valence-electron chi connectivity index (χ3n) is 4.24. The van der Waals surface area contributed by atoms with Crippen LogP contribution in [0.1, 0.15) is 56.6 Å². The molecular weight excluding hydrogens is 340 g/mol. The number of phenolic OH excluding ortho intramolecular Hbond substituents is 1. The Hall–Kier alpha value is -2.82. The van der Waals surface area contributed by atoms with Gasteiger partial charge in [0.05, 0.1) is 5.71 Å². The largest absolute Gasteiger partial charge is 0.507 e. The molecule has 0 aliphatic heterocycles. The van der Waals surface area contributed by atoms with Gasteiger partial charge >= 0.3 is 6.09 Å². The molecule has 0 atom stereocenters.